The molecule has 134 valence electrons. The monoisotopic (exact) mass is 341 g/mol. The average molecular weight is 341 g/mol. The van der Waals surface area contributed by atoms with E-state index in [4.69, 9.17) is 0 Å². The standard InChI is InChI=1S/C19H27N5O/c1-5-24-16(4)18(14(2)21-24)19(25)23-11-9-22(10-12-23)15(3)17-7-6-8-20-13-17/h6-8,13,15H,5,9-12H2,1-4H3. The maximum atomic E-state index is 13.0. The highest BCUT2D eigenvalue weighted by Crippen LogP contribution is 2.22. The molecule has 0 radical (unpaired) electrons. The van der Waals surface area contributed by atoms with Gasteiger partial charge in [0, 0.05) is 56.9 Å². The van der Waals surface area contributed by atoms with E-state index in [1.807, 2.05) is 42.6 Å². The summed E-state index contributed by atoms with van der Waals surface area (Å²) in [5, 5.41) is 4.48. The van der Waals surface area contributed by atoms with Crippen LogP contribution in [-0.2, 0) is 6.54 Å². The van der Waals surface area contributed by atoms with E-state index in [9.17, 15) is 4.79 Å². The van der Waals surface area contributed by atoms with Gasteiger partial charge in [0.2, 0.25) is 0 Å². The fraction of sp³-hybridized carbons (Fsp3) is 0.526. The van der Waals surface area contributed by atoms with Gasteiger partial charge in [-0.15, -0.1) is 0 Å². The number of nitrogens with zero attached hydrogens (tertiary/aromatic N) is 5. The van der Waals surface area contributed by atoms with Crippen LogP contribution in [0.5, 0.6) is 0 Å². The van der Waals surface area contributed by atoms with E-state index in [0.717, 1.165) is 49.7 Å². The van der Waals surface area contributed by atoms with Crippen molar-refractivity contribution in [3.05, 3.63) is 47.0 Å². The number of aryl methyl sites for hydroxylation is 2. The van der Waals surface area contributed by atoms with Gasteiger partial charge in [0.05, 0.1) is 11.3 Å². The Kier molecular flexibility index (Phi) is 5.18. The van der Waals surface area contributed by atoms with Crippen molar-refractivity contribution in [1.29, 1.82) is 0 Å². The summed E-state index contributed by atoms with van der Waals surface area (Å²) in [6.07, 6.45) is 3.72. The number of hydrogen-bond donors (Lipinski definition) is 0. The molecule has 1 unspecified atom stereocenters. The van der Waals surface area contributed by atoms with Gasteiger partial charge in [-0.1, -0.05) is 6.07 Å². The van der Waals surface area contributed by atoms with E-state index in [0.29, 0.717) is 6.04 Å². The fourth-order valence-electron chi connectivity index (χ4n) is 3.62. The van der Waals surface area contributed by atoms with Crippen molar-refractivity contribution in [2.45, 2.75) is 40.3 Å². The van der Waals surface area contributed by atoms with Gasteiger partial charge in [-0.25, -0.2) is 0 Å². The highest BCUT2D eigenvalue weighted by molar-refractivity contribution is 5.96. The van der Waals surface area contributed by atoms with Crippen molar-refractivity contribution >= 4 is 5.91 Å². The Morgan fingerprint density at radius 1 is 1.24 bits per heavy atom. The minimum atomic E-state index is 0.114. The quantitative estimate of drug-likeness (QED) is 0.857. The summed E-state index contributed by atoms with van der Waals surface area (Å²) in [5.74, 6) is 0.114. The maximum absolute atomic E-state index is 13.0. The number of rotatable bonds is 4. The predicted molar refractivity (Wildman–Crippen MR) is 97.5 cm³/mol. The number of pyridine rings is 1. The summed E-state index contributed by atoms with van der Waals surface area (Å²) in [6.45, 7) is 12.2. The normalized spacial score (nSPS) is 16.9. The van der Waals surface area contributed by atoms with Crippen molar-refractivity contribution < 1.29 is 4.79 Å². The molecule has 3 rings (SSSR count). The van der Waals surface area contributed by atoms with Gasteiger partial charge >= 0.3 is 0 Å². The smallest absolute Gasteiger partial charge is 0.257 e. The molecule has 3 heterocycles. The van der Waals surface area contributed by atoms with E-state index in [-0.39, 0.29) is 5.91 Å². The van der Waals surface area contributed by atoms with Crippen LogP contribution < -0.4 is 0 Å². The second-order valence-electron chi connectivity index (χ2n) is 6.65. The van der Waals surface area contributed by atoms with Gasteiger partial charge in [-0.3, -0.25) is 19.4 Å². The molecule has 0 saturated carbocycles. The van der Waals surface area contributed by atoms with Gasteiger partial charge < -0.3 is 4.90 Å². The van der Waals surface area contributed by atoms with Crippen LogP contribution in [0.3, 0.4) is 0 Å². The molecule has 1 saturated heterocycles. The Morgan fingerprint density at radius 3 is 2.52 bits per heavy atom. The summed E-state index contributed by atoms with van der Waals surface area (Å²) in [4.78, 5) is 21.5. The Balaban J connectivity index is 1.66. The van der Waals surface area contributed by atoms with Crippen molar-refractivity contribution in [1.82, 2.24) is 24.6 Å². The minimum absolute atomic E-state index is 0.114. The Labute approximate surface area is 149 Å². The molecule has 25 heavy (non-hydrogen) atoms. The first kappa shape index (κ1) is 17.6. The lowest BCUT2D eigenvalue weighted by atomic mass is 10.1. The number of hydrogen-bond acceptors (Lipinski definition) is 4. The van der Waals surface area contributed by atoms with Crippen LogP contribution in [0.15, 0.2) is 24.5 Å². The van der Waals surface area contributed by atoms with Gasteiger partial charge in [0.25, 0.3) is 5.91 Å². The van der Waals surface area contributed by atoms with Crippen LogP contribution in [0.25, 0.3) is 0 Å². The van der Waals surface area contributed by atoms with Crippen LogP contribution in [0, 0.1) is 13.8 Å². The van der Waals surface area contributed by atoms with Crippen LogP contribution >= 0.6 is 0 Å². The van der Waals surface area contributed by atoms with Gasteiger partial charge in [-0.05, 0) is 39.3 Å². The second-order valence-corrected chi connectivity index (χ2v) is 6.65. The first-order valence-electron chi connectivity index (χ1n) is 9.00. The highest BCUT2D eigenvalue weighted by Gasteiger charge is 2.28. The number of piperazine rings is 1. The SMILES string of the molecule is CCn1nc(C)c(C(=O)N2CCN(C(C)c3cccnc3)CC2)c1C. The van der Waals surface area contributed by atoms with Crippen LogP contribution in [-0.4, -0.2) is 56.7 Å². The van der Waals surface area contributed by atoms with E-state index >= 15 is 0 Å². The summed E-state index contributed by atoms with van der Waals surface area (Å²) in [6, 6.07) is 4.40. The van der Waals surface area contributed by atoms with Gasteiger partial charge in [0.1, 0.15) is 0 Å². The Morgan fingerprint density at radius 2 is 1.96 bits per heavy atom. The Bertz CT molecular complexity index is 732. The van der Waals surface area contributed by atoms with E-state index in [1.165, 1.54) is 5.56 Å². The molecule has 0 bridgehead atoms. The topological polar surface area (TPSA) is 54.3 Å². The molecule has 1 aliphatic heterocycles. The fourth-order valence-corrected chi connectivity index (χ4v) is 3.62. The van der Waals surface area contributed by atoms with Crippen molar-refractivity contribution in [3.8, 4) is 0 Å². The minimum Gasteiger partial charge on any atom is -0.336 e. The molecule has 2 aromatic rings. The van der Waals surface area contributed by atoms with Crippen LogP contribution in [0.4, 0.5) is 0 Å². The molecule has 1 aliphatic rings. The maximum Gasteiger partial charge on any atom is 0.257 e. The second kappa shape index (κ2) is 7.35. The lowest BCUT2D eigenvalue weighted by molar-refractivity contribution is 0.0580. The molecule has 0 spiro atoms. The predicted octanol–water partition coefficient (Wildman–Crippen LogP) is 2.43. The van der Waals surface area contributed by atoms with Crippen LogP contribution in [0.2, 0.25) is 0 Å². The molecule has 1 fully saturated rings. The molecule has 1 atom stereocenters. The molecule has 0 aromatic carbocycles. The average Bonchev–Trinajstić information content (AvgIpc) is 2.95. The van der Waals surface area contributed by atoms with Crippen LogP contribution in [0.1, 0.15) is 47.2 Å². The van der Waals surface area contributed by atoms with Gasteiger partial charge in [-0.2, -0.15) is 5.10 Å². The van der Waals surface area contributed by atoms with Crippen molar-refractivity contribution in [3.63, 3.8) is 0 Å². The van der Waals surface area contributed by atoms with E-state index in [2.05, 4.69) is 28.0 Å². The largest absolute Gasteiger partial charge is 0.336 e. The summed E-state index contributed by atoms with van der Waals surface area (Å²) < 4.78 is 1.91. The molecule has 0 aliphatic carbocycles. The summed E-state index contributed by atoms with van der Waals surface area (Å²) >= 11 is 0. The Hall–Kier alpha value is -2.21. The molecule has 6 heteroatoms. The van der Waals surface area contributed by atoms with E-state index < -0.39 is 0 Å². The number of carbonyl (C=O) groups is 1. The molecule has 1 amide bonds. The lowest BCUT2D eigenvalue weighted by Crippen LogP contribution is -2.49. The van der Waals surface area contributed by atoms with Crippen molar-refractivity contribution in [2.75, 3.05) is 26.2 Å². The third-order valence-corrected chi connectivity index (χ3v) is 5.21. The number of carbonyl (C=O) groups excluding carboxylic acids is 1. The first-order valence-corrected chi connectivity index (χ1v) is 9.00. The highest BCUT2D eigenvalue weighted by atomic mass is 16.2. The zero-order valence-electron chi connectivity index (χ0n) is 15.6. The van der Waals surface area contributed by atoms with Crippen molar-refractivity contribution in [2.24, 2.45) is 0 Å². The molecular formula is C19H27N5O. The zero-order valence-corrected chi connectivity index (χ0v) is 15.6. The molecule has 6 nitrogen and oxygen atoms in total. The first-order chi connectivity index (χ1) is 12.0. The number of amides is 1. The van der Waals surface area contributed by atoms with Gasteiger partial charge in [0.15, 0.2) is 0 Å². The lowest BCUT2D eigenvalue weighted by Gasteiger charge is -2.38. The third kappa shape index (κ3) is 3.44. The summed E-state index contributed by atoms with van der Waals surface area (Å²) in [5.41, 5.74) is 3.79. The van der Waals surface area contributed by atoms with E-state index in [1.54, 1.807) is 6.20 Å². The third-order valence-electron chi connectivity index (χ3n) is 5.21. The summed E-state index contributed by atoms with van der Waals surface area (Å²) in [7, 11) is 0. The zero-order chi connectivity index (χ0) is 18.0. The molecule has 0 N–H and O–H groups in total. The number of aromatic nitrogens is 3. The molecule has 2 aromatic heterocycles. The molecular weight excluding hydrogens is 314 g/mol.